The largest absolute Gasteiger partial charge is 0.493 e. The van der Waals surface area contributed by atoms with Crippen LogP contribution < -0.4 is 15.4 Å². The van der Waals surface area contributed by atoms with Gasteiger partial charge in [0.1, 0.15) is 5.75 Å². The van der Waals surface area contributed by atoms with Crippen LogP contribution in [-0.4, -0.2) is 31.6 Å². The molecule has 1 aromatic carbocycles. The van der Waals surface area contributed by atoms with Crippen LogP contribution >= 0.6 is 12.4 Å². The van der Waals surface area contributed by atoms with Gasteiger partial charge in [-0.05, 0) is 36.9 Å². The number of nitrogens with one attached hydrogen (secondary N) is 2. The van der Waals surface area contributed by atoms with Crippen molar-refractivity contribution in [2.75, 3.05) is 19.7 Å². The number of para-hydroxylation sites is 1. The summed E-state index contributed by atoms with van der Waals surface area (Å²) >= 11 is 0. The average Bonchev–Trinajstić information content (AvgIpc) is 2.47. The molecule has 1 aliphatic rings. The SMILES string of the molecule is CC1(C)CCCNC1CNC(=O)CCOc1ccccc1.Cl. The first-order valence-electron chi connectivity index (χ1n) is 7.76. The molecule has 0 aliphatic carbocycles. The summed E-state index contributed by atoms with van der Waals surface area (Å²) < 4.78 is 5.53. The highest BCUT2D eigenvalue weighted by molar-refractivity contribution is 5.85. The average molecular weight is 327 g/mol. The Morgan fingerprint density at radius 1 is 1.36 bits per heavy atom. The van der Waals surface area contributed by atoms with E-state index in [1.165, 1.54) is 12.8 Å². The first kappa shape index (κ1) is 18.8. The second-order valence-corrected chi connectivity index (χ2v) is 6.31. The van der Waals surface area contributed by atoms with Gasteiger partial charge >= 0.3 is 0 Å². The number of rotatable bonds is 6. The quantitative estimate of drug-likeness (QED) is 0.845. The third-order valence-electron chi connectivity index (χ3n) is 4.18. The number of carbonyl (C=O) groups is 1. The normalized spacial score (nSPS) is 19.8. The van der Waals surface area contributed by atoms with Crippen molar-refractivity contribution < 1.29 is 9.53 Å². The zero-order chi connectivity index (χ0) is 15.1. The minimum atomic E-state index is 0. The zero-order valence-corrected chi connectivity index (χ0v) is 14.2. The van der Waals surface area contributed by atoms with E-state index in [-0.39, 0.29) is 23.7 Å². The van der Waals surface area contributed by atoms with Crippen molar-refractivity contribution in [3.63, 3.8) is 0 Å². The van der Waals surface area contributed by atoms with Gasteiger partial charge in [0.25, 0.3) is 0 Å². The van der Waals surface area contributed by atoms with E-state index in [9.17, 15) is 4.79 Å². The van der Waals surface area contributed by atoms with E-state index in [1.54, 1.807) is 0 Å². The summed E-state index contributed by atoms with van der Waals surface area (Å²) in [5.74, 6) is 0.856. The highest BCUT2D eigenvalue weighted by Gasteiger charge is 2.31. The maximum atomic E-state index is 11.9. The van der Waals surface area contributed by atoms with Crippen LogP contribution in [-0.2, 0) is 4.79 Å². The van der Waals surface area contributed by atoms with Gasteiger partial charge in [-0.3, -0.25) is 4.79 Å². The van der Waals surface area contributed by atoms with Crippen molar-refractivity contribution in [3.8, 4) is 5.75 Å². The molecule has 1 atom stereocenters. The number of benzene rings is 1. The summed E-state index contributed by atoms with van der Waals surface area (Å²) in [7, 11) is 0. The lowest BCUT2D eigenvalue weighted by Gasteiger charge is -2.39. The minimum Gasteiger partial charge on any atom is -0.493 e. The van der Waals surface area contributed by atoms with Crippen molar-refractivity contribution in [3.05, 3.63) is 30.3 Å². The zero-order valence-electron chi connectivity index (χ0n) is 13.4. The van der Waals surface area contributed by atoms with Crippen molar-refractivity contribution in [2.24, 2.45) is 5.41 Å². The van der Waals surface area contributed by atoms with E-state index in [1.807, 2.05) is 30.3 Å². The van der Waals surface area contributed by atoms with E-state index >= 15 is 0 Å². The summed E-state index contributed by atoms with van der Waals surface area (Å²) in [5, 5.41) is 6.51. The van der Waals surface area contributed by atoms with Crippen LogP contribution in [0.25, 0.3) is 0 Å². The Morgan fingerprint density at radius 3 is 2.77 bits per heavy atom. The Bertz CT molecular complexity index is 451. The van der Waals surface area contributed by atoms with Crippen LogP contribution in [0.15, 0.2) is 30.3 Å². The minimum absolute atomic E-state index is 0. The van der Waals surface area contributed by atoms with Crippen LogP contribution in [0.4, 0.5) is 0 Å². The fourth-order valence-electron chi connectivity index (χ4n) is 2.70. The molecule has 0 spiro atoms. The molecular formula is C17H27ClN2O2. The van der Waals surface area contributed by atoms with E-state index in [2.05, 4.69) is 24.5 Å². The molecule has 1 fully saturated rings. The Hall–Kier alpha value is -1.26. The summed E-state index contributed by atoms with van der Waals surface area (Å²) in [6, 6.07) is 9.93. The summed E-state index contributed by atoms with van der Waals surface area (Å²) in [4.78, 5) is 11.9. The highest BCUT2D eigenvalue weighted by Crippen LogP contribution is 2.29. The molecule has 5 heteroatoms. The Balaban J connectivity index is 0.00000242. The first-order chi connectivity index (χ1) is 10.1. The van der Waals surface area contributed by atoms with Gasteiger partial charge in [0.15, 0.2) is 0 Å². The van der Waals surface area contributed by atoms with Crippen LogP contribution in [0.5, 0.6) is 5.75 Å². The second kappa shape index (κ2) is 9.01. The maximum absolute atomic E-state index is 11.9. The van der Waals surface area contributed by atoms with Crippen molar-refractivity contribution in [1.29, 1.82) is 0 Å². The van der Waals surface area contributed by atoms with E-state index in [0.717, 1.165) is 12.3 Å². The predicted octanol–water partition coefficient (Wildman–Crippen LogP) is 2.77. The molecular weight excluding hydrogens is 300 g/mol. The van der Waals surface area contributed by atoms with Crippen molar-refractivity contribution in [2.45, 2.75) is 39.2 Å². The van der Waals surface area contributed by atoms with Gasteiger partial charge < -0.3 is 15.4 Å². The number of halogens is 1. The lowest BCUT2D eigenvalue weighted by atomic mass is 9.77. The molecule has 1 amide bonds. The number of piperidine rings is 1. The molecule has 0 saturated carbocycles. The molecule has 0 aromatic heterocycles. The Kier molecular flexibility index (Phi) is 7.69. The number of hydrogen-bond acceptors (Lipinski definition) is 3. The first-order valence-corrected chi connectivity index (χ1v) is 7.76. The smallest absolute Gasteiger partial charge is 0.223 e. The van der Waals surface area contributed by atoms with Gasteiger partial charge in [0, 0.05) is 12.6 Å². The lowest BCUT2D eigenvalue weighted by molar-refractivity contribution is -0.121. The maximum Gasteiger partial charge on any atom is 0.223 e. The lowest BCUT2D eigenvalue weighted by Crippen LogP contribution is -2.52. The molecule has 124 valence electrons. The Labute approximate surface area is 139 Å². The van der Waals surface area contributed by atoms with Crippen molar-refractivity contribution in [1.82, 2.24) is 10.6 Å². The summed E-state index contributed by atoms with van der Waals surface area (Å²) in [5.41, 5.74) is 0.242. The van der Waals surface area contributed by atoms with Gasteiger partial charge in [-0.1, -0.05) is 32.0 Å². The fraction of sp³-hybridized carbons (Fsp3) is 0.588. The third kappa shape index (κ3) is 5.85. The van der Waals surface area contributed by atoms with Gasteiger partial charge in [0.2, 0.25) is 5.91 Å². The number of hydrogen-bond donors (Lipinski definition) is 2. The van der Waals surface area contributed by atoms with Gasteiger partial charge in [0.05, 0.1) is 13.0 Å². The highest BCUT2D eigenvalue weighted by atomic mass is 35.5. The molecule has 1 unspecified atom stereocenters. The molecule has 1 saturated heterocycles. The molecule has 1 heterocycles. The number of amides is 1. The van der Waals surface area contributed by atoms with Crippen LogP contribution in [0.1, 0.15) is 33.1 Å². The number of ether oxygens (including phenoxy) is 1. The van der Waals surface area contributed by atoms with Crippen LogP contribution in [0, 0.1) is 5.41 Å². The molecule has 4 nitrogen and oxygen atoms in total. The van der Waals surface area contributed by atoms with Crippen LogP contribution in [0.2, 0.25) is 0 Å². The van der Waals surface area contributed by atoms with Gasteiger partial charge in [-0.25, -0.2) is 0 Å². The monoisotopic (exact) mass is 326 g/mol. The number of carbonyl (C=O) groups excluding carboxylic acids is 1. The molecule has 0 radical (unpaired) electrons. The summed E-state index contributed by atoms with van der Waals surface area (Å²) in [6.45, 7) is 6.67. The Morgan fingerprint density at radius 2 is 2.09 bits per heavy atom. The van der Waals surface area contributed by atoms with E-state index in [0.29, 0.717) is 25.6 Å². The van der Waals surface area contributed by atoms with Gasteiger partial charge in [-0.2, -0.15) is 0 Å². The molecule has 22 heavy (non-hydrogen) atoms. The van der Waals surface area contributed by atoms with Crippen LogP contribution in [0.3, 0.4) is 0 Å². The van der Waals surface area contributed by atoms with E-state index in [4.69, 9.17) is 4.74 Å². The molecule has 1 aromatic rings. The molecule has 1 aliphatic heterocycles. The van der Waals surface area contributed by atoms with Gasteiger partial charge in [-0.15, -0.1) is 12.4 Å². The van der Waals surface area contributed by atoms with E-state index < -0.39 is 0 Å². The molecule has 2 rings (SSSR count). The summed E-state index contributed by atoms with van der Waals surface area (Å²) in [6.07, 6.45) is 2.81. The third-order valence-corrected chi connectivity index (χ3v) is 4.18. The topological polar surface area (TPSA) is 50.4 Å². The fourth-order valence-corrected chi connectivity index (χ4v) is 2.70. The predicted molar refractivity (Wildman–Crippen MR) is 91.6 cm³/mol. The molecule has 2 N–H and O–H groups in total. The second-order valence-electron chi connectivity index (χ2n) is 6.31. The standard InChI is InChI=1S/C17H26N2O2.ClH/c1-17(2)10-6-11-18-15(17)13-19-16(20)9-12-21-14-7-4-3-5-8-14;/h3-5,7-8,15,18H,6,9-13H2,1-2H3,(H,19,20);1H. The van der Waals surface area contributed by atoms with Crippen molar-refractivity contribution >= 4 is 18.3 Å². The molecule has 0 bridgehead atoms.